The van der Waals surface area contributed by atoms with Gasteiger partial charge in [-0.05, 0) is 53.6 Å². The number of hydrogen-bond donors (Lipinski definition) is 2. The molecule has 0 spiro atoms. The van der Waals surface area contributed by atoms with Crippen molar-refractivity contribution in [2.75, 3.05) is 0 Å². The first kappa shape index (κ1) is 12.9. The van der Waals surface area contributed by atoms with Crippen LogP contribution in [0.25, 0.3) is 0 Å². The largest absolute Gasteiger partial charge is 0.506 e. The molecule has 0 amide bonds. The van der Waals surface area contributed by atoms with Crippen molar-refractivity contribution in [1.82, 2.24) is 5.32 Å². The molecule has 0 bridgehead atoms. The Morgan fingerprint density at radius 3 is 2.71 bits per heavy atom. The van der Waals surface area contributed by atoms with Gasteiger partial charge in [-0.3, -0.25) is 0 Å². The van der Waals surface area contributed by atoms with Gasteiger partial charge in [-0.25, -0.2) is 0 Å². The molecule has 94 valence electrons. The van der Waals surface area contributed by atoms with E-state index in [0.29, 0.717) is 11.8 Å². The summed E-state index contributed by atoms with van der Waals surface area (Å²) in [6.07, 6.45) is 5.16. The van der Waals surface area contributed by atoms with Gasteiger partial charge in [0.05, 0.1) is 4.47 Å². The Balaban J connectivity index is 1.87. The van der Waals surface area contributed by atoms with Gasteiger partial charge >= 0.3 is 0 Å². The van der Waals surface area contributed by atoms with Crippen molar-refractivity contribution in [3.63, 3.8) is 0 Å². The number of halogens is 1. The summed E-state index contributed by atoms with van der Waals surface area (Å²) in [7, 11) is 0. The molecule has 1 aromatic rings. The zero-order valence-electron chi connectivity index (χ0n) is 10.2. The monoisotopic (exact) mass is 297 g/mol. The lowest BCUT2D eigenvalue weighted by molar-refractivity contribution is 0.305. The van der Waals surface area contributed by atoms with Gasteiger partial charge in [-0.15, -0.1) is 0 Å². The lowest BCUT2D eigenvalue weighted by Gasteiger charge is -2.27. The van der Waals surface area contributed by atoms with Crippen LogP contribution >= 0.6 is 15.9 Å². The van der Waals surface area contributed by atoms with Gasteiger partial charge in [0.2, 0.25) is 0 Å². The van der Waals surface area contributed by atoms with Gasteiger partial charge in [-0.1, -0.05) is 19.1 Å². The van der Waals surface area contributed by atoms with Crippen LogP contribution in [0.5, 0.6) is 5.75 Å². The van der Waals surface area contributed by atoms with Crippen molar-refractivity contribution in [2.24, 2.45) is 5.92 Å². The van der Waals surface area contributed by atoms with E-state index < -0.39 is 0 Å². The molecule has 1 saturated carbocycles. The van der Waals surface area contributed by atoms with Crippen LogP contribution in [-0.4, -0.2) is 11.1 Å². The van der Waals surface area contributed by atoms with E-state index >= 15 is 0 Å². The average molecular weight is 298 g/mol. The molecule has 1 fully saturated rings. The van der Waals surface area contributed by atoms with Crippen molar-refractivity contribution < 1.29 is 5.11 Å². The predicted octanol–water partition coefficient (Wildman–Crippen LogP) is 3.82. The highest BCUT2D eigenvalue weighted by Gasteiger charge is 2.17. The number of phenolic OH excluding ortho intramolecular Hbond substituents is 1. The number of para-hydroxylation sites is 1. The van der Waals surface area contributed by atoms with Crippen molar-refractivity contribution in [3.8, 4) is 5.75 Å². The highest BCUT2D eigenvalue weighted by atomic mass is 79.9. The zero-order valence-corrected chi connectivity index (χ0v) is 11.8. The van der Waals surface area contributed by atoms with Crippen molar-refractivity contribution in [3.05, 3.63) is 28.2 Å². The molecule has 2 nitrogen and oxygen atoms in total. The fraction of sp³-hybridized carbons (Fsp3) is 0.571. The molecule has 0 saturated heterocycles. The first-order valence-electron chi connectivity index (χ1n) is 6.36. The fourth-order valence-corrected chi connectivity index (χ4v) is 2.83. The molecule has 0 radical (unpaired) electrons. The van der Waals surface area contributed by atoms with Crippen molar-refractivity contribution >= 4 is 15.9 Å². The number of rotatable bonds is 3. The molecule has 0 aliphatic heterocycles. The third kappa shape index (κ3) is 3.46. The second-order valence-corrected chi connectivity index (χ2v) is 5.94. The first-order chi connectivity index (χ1) is 8.16. The Bertz CT molecular complexity index is 372. The summed E-state index contributed by atoms with van der Waals surface area (Å²) in [5.74, 6) is 1.25. The molecule has 0 aromatic heterocycles. The fourth-order valence-electron chi connectivity index (χ4n) is 2.42. The third-order valence-corrected chi connectivity index (χ3v) is 4.31. The van der Waals surface area contributed by atoms with Crippen LogP contribution in [0.15, 0.2) is 22.7 Å². The number of phenols is 1. The van der Waals surface area contributed by atoms with E-state index in [4.69, 9.17) is 0 Å². The minimum atomic E-state index is 0.365. The zero-order chi connectivity index (χ0) is 12.3. The van der Waals surface area contributed by atoms with Crippen LogP contribution in [-0.2, 0) is 6.54 Å². The molecule has 1 aliphatic rings. The van der Waals surface area contributed by atoms with E-state index in [9.17, 15) is 5.11 Å². The van der Waals surface area contributed by atoms with E-state index in [2.05, 4.69) is 28.2 Å². The Morgan fingerprint density at radius 2 is 2.00 bits per heavy atom. The second-order valence-electron chi connectivity index (χ2n) is 5.09. The highest BCUT2D eigenvalue weighted by Crippen LogP contribution is 2.28. The number of hydrogen-bond acceptors (Lipinski definition) is 2. The van der Waals surface area contributed by atoms with Crippen LogP contribution < -0.4 is 5.32 Å². The Labute approximate surface area is 112 Å². The molecule has 3 heteroatoms. The molecule has 2 N–H and O–H groups in total. The molecule has 0 heterocycles. The summed E-state index contributed by atoms with van der Waals surface area (Å²) in [6, 6.07) is 6.41. The standard InChI is InChI=1S/C14H20BrNO/c1-10-5-7-12(8-6-10)16-9-11-3-2-4-13(15)14(11)17/h2-4,10,12,16-17H,5-9H2,1H3. The van der Waals surface area contributed by atoms with E-state index in [-0.39, 0.29) is 0 Å². The minimum absolute atomic E-state index is 0.365. The lowest BCUT2D eigenvalue weighted by Crippen LogP contribution is -2.32. The highest BCUT2D eigenvalue weighted by molar-refractivity contribution is 9.10. The third-order valence-electron chi connectivity index (χ3n) is 3.67. The van der Waals surface area contributed by atoms with Gasteiger partial charge < -0.3 is 10.4 Å². The second kappa shape index (κ2) is 5.87. The SMILES string of the molecule is CC1CCC(NCc2cccc(Br)c2O)CC1. The van der Waals surface area contributed by atoms with Gasteiger partial charge in [0, 0.05) is 18.2 Å². The molecule has 0 atom stereocenters. The summed E-state index contributed by atoms with van der Waals surface area (Å²) in [6.45, 7) is 3.08. The molecule has 1 aliphatic carbocycles. The maximum absolute atomic E-state index is 9.88. The quantitative estimate of drug-likeness (QED) is 0.889. The first-order valence-corrected chi connectivity index (χ1v) is 7.16. The minimum Gasteiger partial charge on any atom is -0.506 e. The Morgan fingerprint density at radius 1 is 1.29 bits per heavy atom. The Hall–Kier alpha value is -0.540. The van der Waals surface area contributed by atoms with Gasteiger partial charge in [0.1, 0.15) is 5.75 Å². The number of nitrogens with one attached hydrogen (secondary N) is 1. The van der Waals surface area contributed by atoms with E-state index in [1.165, 1.54) is 25.7 Å². The maximum atomic E-state index is 9.88. The smallest absolute Gasteiger partial charge is 0.134 e. The van der Waals surface area contributed by atoms with Crippen LogP contribution in [0.2, 0.25) is 0 Å². The molecular formula is C14H20BrNO. The summed E-state index contributed by atoms with van der Waals surface area (Å²) in [4.78, 5) is 0. The molecular weight excluding hydrogens is 278 g/mol. The van der Waals surface area contributed by atoms with Crippen molar-refractivity contribution in [2.45, 2.75) is 45.2 Å². The van der Waals surface area contributed by atoms with Crippen LogP contribution in [0, 0.1) is 5.92 Å². The van der Waals surface area contributed by atoms with Gasteiger partial charge in [0.15, 0.2) is 0 Å². The molecule has 1 aromatic carbocycles. The normalized spacial score (nSPS) is 24.8. The summed E-state index contributed by atoms with van der Waals surface area (Å²) < 4.78 is 0.772. The van der Waals surface area contributed by atoms with E-state index in [0.717, 1.165) is 22.5 Å². The van der Waals surface area contributed by atoms with Crippen molar-refractivity contribution in [1.29, 1.82) is 0 Å². The van der Waals surface area contributed by atoms with Crippen LogP contribution in [0.4, 0.5) is 0 Å². The van der Waals surface area contributed by atoms with Gasteiger partial charge in [-0.2, -0.15) is 0 Å². The summed E-state index contributed by atoms with van der Waals surface area (Å²) >= 11 is 3.34. The van der Waals surface area contributed by atoms with E-state index in [1.54, 1.807) is 0 Å². The summed E-state index contributed by atoms with van der Waals surface area (Å²) in [5, 5.41) is 13.4. The van der Waals surface area contributed by atoms with Crippen LogP contribution in [0.3, 0.4) is 0 Å². The number of aromatic hydroxyl groups is 1. The Kier molecular flexibility index (Phi) is 4.46. The molecule has 2 rings (SSSR count). The average Bonchev–Trinajstić information content (AvgIpc) is 2.33. The topological polar surface area (TPSA) is 32.3 Å². The predicted molar refractivity (Wildman–Crippen MR) is 74.1 cm³/mol. The molecule has 17 heavy (non-hydrogen) atoms. The van der Waals surface area contributed by atoms with Gasteiger partial charge in [0.25, 0.3) is 0 Å². The summed E-state index contributed by atoms with van der Waals surface area (Å²) in [5.41, 5.74) is 0.970. The van der Waals surface area contributed by atoms with Crippen LogP contribution in [0.1, 0.15) is 38.2 Å². The molecule has 0 unspecified atom stereocenters. The lowest BCUT2D eigenvalue weighted by atomic mass is 9.87. The number of benzene rings is 1. The van der Waals surface area contributed by atoms with E-state index in [1.807, 2.05) is 18.2 Å². The maximum Gasteiger partial charge on any atom is 0.134 e.